The number of thioether (sulfide) groups is 1. The second kappa shape index (κ2) is 7.31. The highest BCUT2D eigenvalue weighted by Gasteiger charge is 2.14. The molecule has 0 aliphatic heterocycles. The van der Waals surface area contributed by atoms with Crippen LogP contribution in [-0.4, -0.2) is 18.2 Å². The molecule has 0 atom stereocenters. The zero-order valence-corrected chi connectivity index (χ0v) is 12.2. The first-order valence-corrected chi connectivity index (χ1v) is 7.45. The maximum Gasteiger partial charge on any atom is 0.255 e. The van der Waals surface area contributed by atoms with E-state index < -0.39 is 11.7 Å². The molecule has 1 N–H and O–H groups in total. The second-order valence-corrected chi connectivity index (χ2v) is 5.59. The third kappa shape index (κ3) is 3.99. The Morgan fingerprint density at radius 3 is 2.60 bits per heavy atom. The van der Waals surface area contributed by atoms with Crippen molar-refractivity contribution in [2.45, 2.75) is 4.90 Å². The van der Waals surface area contributed by atoms with E-state index in [1.165, 1.54) is 18.2 Å². The number of amides is 1. The molecule has 0 spiro atoms. The van der Waals surface area contributed by atoms with Gasteiger partial charge in [-0.05, 0) is 24.3 Å². The van der Waals surface area contributed by atoms with Gasteiger partial charge in [-0.1, -0.05) is 35.9 Å². The van der Waals surface area contributed by atoms with Crippen LogP contribution in [0.5, 0.6) is 0 Å². The van der Waals surface area contributed by atoms with Gasteiger partial charge >= 0.3 is 0 Å². The van der Waals surface area contributed by atoms with Crippen molar-refractivity contribution in [1.29, 1.82) is 0 Å². The molecule has 0 unspecified atom stereocenters. The zero-order chi connectivity index (χ0) is 14.4. The summed E-state index contributed by atoms with van der Waals surface area (Å²) in [6.45, 7) is 0.447. The minimum absolute atomic E-state index is 0.0983. The Labute approximate surface area is 126 Å². The quantitative estimate of drug-likeness (QED) is 0.668. The molecule has 0 bridgehead atoms. The van der Waals surface area contributed by atoms with Crippen molar-refractivity contribution in [3.05, 3.63) is 64.9 Å². The molecule has 0 fully saturated rings. The standard InChI is InChI=1S/C15H13ClFNOS/c16-12-7-4-8-13(17)14(12)15(19)18-9-10-20-11-5-2-1-3-6-11/h1-8H,9-10H2,(H,18,19). The summed E-state index contributed by atoms with van der Waals surface area (Å²) >= 11 is 7.45. The summed E-state index contributed by atoms with van der Waals surface area (Å²) in [6, 6.07) is 14.1. The molecule has 5 heteroatoms. The van der Waals surface area contributed by atoms with Crippen molar-refractivity contribution in [2.24, 2.45) is 0 Å². The predicted molar refractivity (Wildman–Crippen MR) is 80.9 cm³/mol. The van der Waals surface area contributed by atoms with E-state index in [9.17, 15) is 9.18 Å². The van der Waals surface area contributed by atoms with E-state index in [0.29, 0.717) is 12.3 Å². The predicted octanol–water partition coefficient (Wildman–Crippen LogP) is 4.00. The highest BCUT2D eigenvalue weighted by Crippen LogP contribution is 2.19. The molecular weight excluding hydrogens is 297 g/mol. The lowest BCUT2D eigenvalue weighted by Crippen LogP contribution is -2.26. The summed E-state index contributed by atoms with van der Waals surface area (Å²) < 4.78 is 13.5. The number of rotatable bonds is 5. The van der Waals surface area contributed by atoms with Crippen LogP contribution < -0.4 is 5.32 Å². The summed E-state index contributed by atoms with van der Waals surface area (Å²) in [6.07, 6.45) is 0. The van der Waals surface area contributed by atoms with Gasteiger partial charge in [0.1, 0.15) is 5.82 Å². The number of carbonyl (C=O) groups is 1. The smallest absolute Gasteiger partial charge is 0.255 e. The molecule has 2 aromatic rings. The largest absolute Gasteiger partial charge is 0.351 e. The van der Waals surface area contributed by atoms with Crippen molar-refractivity contribution in [1.82, 2.24) is 5.32 Å². The van der Waals surface area contributed by atoms with Gasteiger partial charge in [-0.3, -0.25) is 4.79 Å². The number of carbonyl (C=O) groups excluding carboxylic acids is 1. The number of halogens is 2. The van der Waals surface area contributed by atoms with Crippen molar-refractivity contribution < 1.29 is 9.18 Å². The fourth-order valence-electron chi connectivity index (χ4n) is 1.65. The second-order valence-electron chi connectivity index (χ2n) is 4.01. The van der Waals surface area contributed by atoms with Crippen LogP contribution >= 0.6 is 23.4 Å². The van der Waals surface area contributed by atoms with Crippen molar-refractivity contribution >= 4 is 29.3 Å². The van der Waals surface area contributed by atoms with E-state index in [1.807, 2.05) is 30.3 Å². The monoisotopic (exact) mass is 309 g/mol. The van der Waals surface area contributed by atoms with E-state index in [-0.39, 0.29) is 10.6 Å². The van der Waals surface area contributed by atoms with Crippen LogP contribution in [0, 0.1) is 5.82 Å². The minimum atomic E-state index is -0.606. The number of hydrogen-bond acceptors (Lipinski definition) is 2. The van der Waals surface area contributed by atoms with Gasteiger partial charge in [0.25, 0.3) is 5.91 Å². The van der Waals surface area contributed by atoms with E-state index in [2.05, 4.69) is 5.32 Å². The summed E-state index contributed by atoms with van der Waals surface area (Å²) in [5.41, 5.74) is -0.0983. The van der Waals surface area contributed by atoms with Gasteiger partial charge in [0.2, 0.25) is 0 Å². The topological polar surface area (TPSA) is 29.1 Å². The molecule has 2 nitrogen and oxygen atoms in total. The molecular formula is C15H13ClFNOS. The lowest BCUT2D eigenvalue weighted by Gasteiger charge is -2.07. The molecule has 0 aromatic heterocycles. The first-order valence-electron chi connectivity index (χ1n) is 6.08. The fourth-order valence-corrected chi connectivity index (χ4v) is 2.69. The van der Waals surface area contributed by atoms with Crippen LogP contribution in [0.2, 0.25) is 5.02 Å². The normalized spacial score (nSPS) is 10.3. The Bertz CT molecular complexity index is 571. The summed E-state index contributed by atoms with van der Waals surface area (Å²) in [5, 5.41) is 2.79. The molecule has 0 heterocycles. The molecule has 2 aromatic carbocycles. The first-order chi connectivity index (χ1) is 9.68. The van der Waals surface area contributed by atoms with Crippen LogP contribution in [0.3, 0.4) is 0 Å². The Balaban J connectivity index is 1.84. The number of nitrogens with one attached hydrogen (secondary N) is 1. The highest BCUT2D eigenvalue weighted by molar-refractivity contribution is 7.99. The molecule has 0 saturated heterocycles. The summed E-state index contributed by atoms with van der Waals surface area (Å²) in [7, 11) is 0. The molecule has 104 valence electrons. The fraction of sp³-hybridized carbons (Fsp3) is 0.133. The van der Waals surface area contributed by atoms with Crippen LogP contribution in [-0.2, 0) is 0 Å². The Hall–Kier alpha value is -1.52. The SMILES string of the molecule is O=C(NCCSc1ccccc1)c1c(F)cccc1Cl. The van der Waals surface area contributed by atoms with Crippen LogP contribution in [0.4, 0.5) is 4.39 Å². The molecule has 0 aliphatic carbocycles. The van der Waals surface area contributed by atoms with Gasteiger partial charge in [-0.25, -0.2) is 4.39 Å². The lowest BCUT2D eigenvalue weighted by atomic mass is 10.2. The average molecular weight is 310 g/mol. The van der Waals surface area contributed by atoms with Crippen LogP contribution in [0.1, 0.15) is 10.4 Å². The van der Waals surface area contributed by atoms with Crippen molar-refractivity contribution in [3.8, 4) is 0 Å². The van der Waals surface area contributed by atoms with Crippen LogP contribution in [0.25, 0.3) is 0 Å². The average Bonchev–Trinajstić information content (AvgIpc) is 2.44. The van der Waals surface area contributed by atoms with Gasteiger partial charge in [0, 0.05) is 17.2 Å². The maximum atomic E-state index is 13.5. The van der Waals surface area contributed by atoms with Crippen molar-refractivity contribution in [3.63, 3.8) is 0 Å². The Morgan fingerprint density at radius 2 is 1.90 bits per heavy atom. The van der Waals surface area contributed by atoms with Gasteiger partial charge in [-0.2, -0.15) is 0 Å². The van der Waals surface area contributed by atoms with Crippen molar-refractivity contribution in [2.75, 3.05) is 12.3 Å². The Kier molecular flexibility index (Phi) is 5.44. The summed E-state index contributed by atoms with van der Waals surface area (Å²) in [4.78, 5) is 13.0. The molecule has 2 rings (SSSR count). The van der Waals surface area contributed by atoms with Gasteiger partial charge < -0.3 is 5.32 Å². The molecule has 0 aliphatic rings. The van der Waals surface area contributed by atoms with Gasteiger partial charge in [0.15, 0.2) is 0 Å². The third-order valence-electron chi connectivity index (χ3n) is 2.59. The van der Waals surface area contributed by atoms with E-state index >= 15 is 0 Å². The molecule has 20 heavy (non-hydrogen) atoms. The van der Waals surface area contributed by atoms with Gasteiger partial charge in [-0.15, -0.1) is 11.8 Å². The molecule has 1 amide bonds. The minimum Gasteiger partial charge on any atom is -0.351 e. The van der Waals surface area contributed by atoms with E-state index in [4.69, 9.17) is 11.6 Å². The lowest BCUT2D eigenvalue weighted by molar-refractivity contribution is 0.0952. The number of benzene rings is 2. The summed E-state index contributed by atoms with van der Waals surface area (Å²) in [5.74, 6) is -0.380. The van der Waals surface area contributed by atoms with Gasteiger partial charge in [0.05, 0.1) is 10.6 Å². The highest BCUT2D eigenvalue weighted by atomic mass is 35.5. The molecule has 0 radical (unpaired) electrons. The van der Waals surface area contributed by atoms with Crippen LogP contribution in [0.15, 0.2) is 53.4 Å². The molecule has 0 saturated carbocycles. The third-order valence-corrected chi connectivity index (χ3v) is 3.92. The zero-order valence-electron chi connectivity index (χ0n) is 10.6. The first kappa shape index (κ1) is 14.9. The van der Waals surface area contributed by atoms with E-state index in [0.717, 1.165) is 4.90 Å². The number of hydrogen-bond donors (Lipinski definition) is 1. The maximum absolute atomic E-state index is 13.5. The van der Waals surface area contributed by atoms with E-state index in [1.54, 1.807) is 11.8 Å². The Morgan fingerprint density at radius 1 is 1.15 bits per heavy atom.